The number of carbonyl (C=O) groups excluding carboxylic acids is 1. The van der Waals surface area contributed by atoms with Crippen molar-refractivity contribution in [2.24, 2.45) is 5.92 Å². The van der Waals surface area contributed by atoms with E-state index >= 15 is 0 Å². The van der Waals surface area contributed by atoms with E-state index in [-0.39, 0.29) is 5.91 Å². The summed E-state index contributed by atoms with van der Waals surface area (Å²) in [5.41, 5.74) is 0. The zero-order chi connectivity index (χ0) is 13.5. The molecule has 0 radical (unpaired) electrons. The summed E-state index contributed by atoms with van der Waals surface area (Å²) >= 11 is 0. The van der Waals surface area contributed by atoms with Crippen LogP contribution in [0.1, 0.15) is 39.5 Å². The van der Waals surface area contributed by atoms with Gasteiger partial charge in [0, 0.05) is 31.6 Å². The number of hydrogen-bond acceptors (Lipinski definition) is 3. The van der Waals surface area contributed by atoms with Gasteiger partial charge in [0.15, 0.2) is 0 Å². The summed E-state index contributed by atoms with van der Waals surface area (Å²) in [5, 5.41) is 6.40. The molecule has 0 spiro atoms. The SMILES string of the molecule is CC(C)CC(CNC(=O)CCNC1CC1)N(C)C. The van der Waals surface area contributed by atoms with Gasteiger partial charge in [-0.3, -0.25) is 4.79 Å². The molecule has 0 heterocycles. The number of amides is 1. The Labute approximate surface area is 111 Å². The standard InChI is InChI=1S/C14H29N3O/c1-11(2)9-13(17(3)4)10-16-14(18)7-8-15-12-5-6-12/h11-13,15H,5-10H2,1-4H3,(H,16,18). The van der Waals surface area contributed by atoms with Crippen LogP contribution < -0.4 is 10.6 Å². The normalized spacial score (nSPS) is 17.2. The lowest BCUT2D eigenvalue weighted by Crippen LogP contribution is -2.41. The number of hydrogen-bond donors (Lipinski definition) is 2. The molecule has 0 aliphatic heterocycles. The lowest BCUT2D eigenvalue weighted by Gasteiger charge is -2.26. The zero-order valence-corrected chi connectivity index (χ0v) is 12.3. The highest BCUT2D eigenvalue weighted by molar-refractivity contribution is 5.76. The van der Waals surface area contributed by atoms with Crippen molar-refractivity contribution in [3.8, 4) is 0 Å². The molecule has 0 aromatic carbocycles. The number of nitrogens with one attached hydrogen (secondary N) is 2. The zero-order valence-electron chi connectivity index (χ0n) is 12.3. The molecule has 0 bridgehead atoms. The third-order valence-corrected chi connectivity index (χ3v) is 3.37. The number of rotatable bonds is 9. The molecule has 1 saturated carbocycles. The summed E-state index contributed by atoms with van der Waals surface area (Å²) in [6.45, 7) is 6.01. The molecule has 1 rings (SSSR count). The van der Waals surface area contributed by atoms with Gasteiger partial charge in [0.25, 0.3) is 0 Å². The highest BCUT2D eigenvalue weighted by atomic mass is 16.1. The summed E-state index contributed by atoms with van der Waals surface area (Å²) in [4.78, 5) is 13.9. The van der Waals surface area contributed by atoms with E-state index in [1.54, 1.807) is 0 Å². The molecule has 1 amide bonds. The van der Waals surface area contributed by atoms with Crippen molar-refractivity contribution in [1.82, 2.24) is 15.5 Å². The van der Waals surface area contributed by atoms with Gasteiger partial charge in [-0.15, -0.1) is 0 Å². The fraction of sp³-hybridized carbons (Fsp3) is 0.929. The van der Waals surface area contributed by atoms with Gasteiger partial charge in [-0.1, -0.05) is 13.8 Å². The summed E-state index contributed by atoms with van der Waals surface area (Å²) in [6.07, 6.45) is 4.27. The molecule has 2 N–H and O–H groups in total. The molecule has 1 aliphatic carbocycles. The number of likely N-dealkylation sites (N-methyl/N-ethyl adjacent to an activating group) is 1. The molecule has 1 aliphatic rings. The molecular weight excluding hydrogens is 226 g/mol. The van der Waals surface area contributed by atoms with Crippen LogP contribution in [0.15, 0.2) is 0 Å². The molecule has 0 saturated heterocycles. The molecular formula is C14H29N3O. The second-order valence-electron chi connectivity index (χ2n) is 6.03. The van der Waals surface area contributed by atoms with Crippen LogP contribution in [0.25, 0.3) is 0 Å². The second-order valence-corrected chi connectivity index (χ2v) is 6.03. The van der Waals surface area contributed by atoms with Gasteiger partial charge >= 0.3 is 0 Å². The topological polar surface area (TPSA) is 44.4 Å². The van der Waals surface area contributed by atoms with Crippen molar-refractivity contribution in [3.63, 3.8) is 0 Å². The second kappa shape index (κ2) is 7.74. The van der Waals surface area contributed by atoms with Crippen molar-refractivity contribution in [2.45, 2.75) is 51.6 Å². The van der Waals surface area contributed by atoms with Gasteiger partial charge in [0.2, 0.25) is 5.91 Å². The first kappa shape index (κ1) is 15.4. The molecule has 106 valence electrons. The van der Waals surface area contributed by atoms with Crippen LogP contribution in [0.2, 0.25) is 0 Å². The Morgan fingerprint density at radius 3 is 2.50 bits per heavy atom. The predicted molar refractivity (Wildman–Crippen MR) is 75.6 cm³/mol. The minimum Gasteiger partial charge on any atom is -0.354 e. The Morgan fingerprint density at radius 1 is 1.33 bits per heavy atom. The third kappa shape index (κ3) is 6.97. The quantitative estimate of drug-likeness (QED) is 0.651. The van der Waals surface area contributed by atoms with E-state index in [1.165, 1.54) is 12.8 Å². The average Bonchev–Trinajstić information content (AvgIpc) is 3.07. The fourth-order valence-electron chi connectivity index (χ4n) is 2.02. The van der Waals surface area contributed by atoms with Crippen molar-refractivity contribution in [1.29, 1.82) is 0 Å². The first-order valence-corrected chi connectivity index (χ1v) is 7.15. The van der Waals surface area contributed by atoms with Crippen molar-refractivity contribution >= 4 is 5.91 Å². The summed E-state index contributed by atoms with van der Waals surface area (Å²) < 4.78 is 0. The summed E-state index contributed by atoms with van der Waals surface area (Å²) in [7, 11) is 4.15. The van der Waals surface area contributed by atoms with Crippen molar-refractivity contribution in [3.05, 3.63) is 0 Å². The first-order chi connectivity index (χ1) is 8.49. The Kier molecular flexibility index (Phi) is 6.65. The highest BCUT2D eigenvalue weighted by Gasteiger charge is 2.20. The Morgan fingerprint density at radius 2 is 2.00 bits per heavy atom. The minimum atomic E-state index is 0.166. The van der Waals surface area contributed by atoms with Crippen LogP contribution in [-0.2, 0) is 4.79 Å². The van der Waals surface area contributed by atoms with Gasteiger partial charge in [0.1, 0.15) is 0 Å². The molecule has 4 nitrogen and oxygen atoms in total. The molecule has 18 heavy (non-hydrogen) atoms. The fourth-order valence-corrected chi connectivity index (χ4v) is 2.02. The largest absolute Gasteiger partial charge is 0.354 e. The molecule has 1 fully saturated rings. The van der Waals surface area contributed by atoms with Crippen LogP contribution >= 0.6 is 0 Å². The van der Waals surface area contributed by atoms with Gasteiger partial charge in [-0.05, 0) is 39.3 Å². The van der Waals surface area contributed by atoms with E-state index in [2.05, 4.69) is 43.5 Å². The molecule has 0 aromatic rings. The molecule has 4 heteroatoms. The van der Waals surface area contributed by atoms with E-state index < -0.39 is 0 Å². The van der Waals surface area contributed by atoms with Gasteiger partial charge in [-0.25, -0.2) is 0 Å². The summed E-state index contributed by atoms with van der Waals surface area (Å²) in [5.74, 6) is 0.824. The average molecular weight is 255 g/mol. The third-order valence-electron chi connectivity index (χ3n) is 3.37. The van der Waals surface area contributed by atoms with Crippen LogP contribution in [0.3, 0.4) is 0 Å². The number of nitrogens with zero attached hydrogens (tertiary/aromatic N) is 1. The van der Waals surface area contributed by atoms with Gasteiger partial charge in [-0.2, -0.15) is 0 Å². The lowest BCUT2D eigenvalue weighted by molar-refractivity contribution is -0.121. The van der Waals surface area contributed by atoms with Crippen molar-refractivity contribution < 1.29 is 4.79 Å². The smallest absolute Gasteiger partial charge is 0.221 e. The van der Waals surface area contributed by atoms with E-state index in [9.17, 15) is 4.79 Å². The van der Waals surface area contributed by atoms with Gasteiger partial charge < -0.3 is 15.5 Å². The van der Waals surface area contributed by atoms with E-state index in [1.807, 2.05) is 0 Å². The van der Waals surface area contributed by atoms with Crippen LogP contribution in [-0.4, -0.2) is 50.1 Å². The lowest BCUT2D eigenvalue weighted by atomic mass is 10.0. The van der Waals surface area contributed by atoms with Crippen LogP contribution in [0.5, 0.6) is 0 Å². The Bertz CT molecular complexity index is 249. The van der Waals surface area contributed by atoms with E-state index in [0.29, 0.717) is 24.4 Å². The van der Waals surface area contributed by atoms with E-state index in [0.717, 1.165) is 19.5 Å². The highest BCUT2D eigenvalue weighted by Crippen LogP contribution is 2.18. The maximum Gasteiger partial charge on any atom is 0.221 e. The van der Waals surface area contributed by atoms with E-state index in [4.69, 9.17) is 0 Å². The Hall–Kier alpha value is -0.610. The molecule has 0 aromatic heterocycles. The first-order valence-electron chi connectivity index (χ1n) is 7.15. The van der Waals surface area contributed by atoms with Crippen LogP contribution in [0.4, 0.5) is 0 Å². The molecule has 1 unspecified atom stereocenters. The predicted octanol–water partition coefficient (Wildman–Crippen LogP) is 1.22. The minimum absolute atomic E-state index is 0.166. The number of carbonyl (C=O) groups is 1. The Balaban J connectivity index is 2.12. The maximum absolute atomic E-state index is 11.7. The monoisotopic (exact) mass is 255 g/mol. The summed E-state index contributed by atoms with van der Waals surface area (Å²) in [6, 6.07) is 1.12. The van der Waals surface area contributed by atoms with Gasteiger partial charge in [0.05, 0.1) is 0 Å². The maximum atomic E-state index is 11.7. The molecule has 1 atom stereocenters. The van der Waals surface area contributed by atoms with Crippen molar-refractivity contribution in [2.75, 3.05) is 27.2 Å². The van der Waals surface area contributed by atoms with Crippen LogP contribution in [0, 0.1) is 5.92 Å².